The predicted molar refractivity (Wildman–Crippen MR) is 42.8 cm³/mol. The maximum atomic E-state index is 11.2. The third-order valence-electron chi connectivity index (χ3n) is 2.11. The number of piperidine rings is 1. The standard InChI is InChI=1S/C8H11NO4/c1-9-4-3-5(8(12)13-2)6(10)7(9)11/h5H,3-4H2,1-2H3. The number of esters is 1. The molecule has 0 N–H and O–H groups in total. The molecule has 0 aromatic carbocycles. The van der Waals surface area contributed by atoms with Crippen LogP contribution in [0.25, 0.3) is 0 Å². The van der Waals surface area contributed by atoms with Crippen molar-refractivity contribution in [2.24, 2.45) is 5.92 Å². The van der Waals surface area contributed by atoms with Crippen LogP contribution in [0.1, 0.15) is 6.42 Å². The van der Waals surface area contributed by atoms with Crippen molar-refractivity contribution in [1.29, 1.82) is 0 Å². The quantitative estimate of drug-likeness (QED) is 0.305. The van der Waals surface area contributed by atoms with Crippen molar-refractivity contribution in [1.82, 2.24) is 4.90 Å². The Labute approximate surface area is 75.6 Å². The summed E-state index contributed by atoms with van der Waals surface area (Å²) in [4.78, 5) is 34.7. The smallest absolute Gasteiger partial charge is 0.316 e. The average Bonchev–Trinajstić information content (AvgIpc) is 2.13. The van der Waals surface area contributed by atoms with Crippen molar-refractivity contribution < 1.29 is 19.1 Å². The van der Waals surface area contributed by atoms with E-state index in [4.69, 9.17) is 0 Å². The second-order valence-electron chi connectivity index (χ2n) is 2.96. The monoisotopic (exact) mass is 185 g/mol. The molecule has 1 unspecified atom stereocenters. The van der Waals surface area contributed by atoms with E-state index in [-0.39, 0.29) is 0 Å². The number of carbonyl (C=O) groups is 3. The number of nitrogens with zero attached hydrogens (tertiary/aromatic N) is 1. The first-order valence-corrected chi connectivity index (χ1v) is 3.95. The third-order valence-corrected chi connectivity index (χ3v) is 2.11. The molecule has 1 heterocycles. The molecular weight excluding hydrogens is 174 g/mol. The van der Waals surface area contributed by atoms with Gasteiger partial charge in [-0.3, -0.25) is 14.4 Å². The molecule has 0 bridgehead atoms. The summed E-state index contributed by atoms with van der Waals surface area (Å²) in [6, 6.07) is 0. The molecule has 0 radical (unpaired) electrons. The number of amides is 1. The maximum absolute atomic E-state index is 11.2. The Morgan fingerprint density at radius 2 is 2.15 bits per heavy atom. The molecule has 1 fully saturated rings. The van der Waals surface area contributed by atoms with Crippen LogP contribution in [0.2, 0.25) is 0 Å². The minimum Gasteiger partial charge on any atom is -0.468 e. The van der Waals surface area contributed by atoms with E-state index < -0.39 is 23.6 Å². The second-order valence-corrected chi connectivity index (χ2v) is 2.96. The van der Waals surface area contributed by atoms with E-state index in [9.17, 15) is 14.4 Å². The Morgan fingerprint density at radius 1 is 1.54 bits per heavy atom. The van der Waals surface area contributed by atoms with Gasteiger partial charge >= 0.3 is 5.97 Å². The number of hydrogen-bond donors (Lipinski definition) is 0. The maximum Gasteiger partial charge on any atom is 0.316 e. The van der Waals surface area contributed by atoms with E-state index in [1.807, 2.05) is 0 Å². The molecule has 1 aliphatic heterocycles. The minimum absolute atomic E-state index is 0.355. The lowest BCUT2D eigenvalue weighted by atomic mass is 9.95. The highest BCUT2D eigenvalue weighted by atomic mass is 16.5. The number of Topliss-reactive ketones (excluding diaryl/α,β-unsaturated/α-hetero) is 1. The Balaban J connectivity index is 2.75. The third kappa shape index (κ3) is 1.68. The summed E-state index contributed by atoms with van der Waals surface area (Å²) in [5.41, 5.74) is 0. The molecule has 5 nitrogen and oxygen atoms in total. The van der Waals surface area contributed by atoms with Gasteiger partial charge in [0.05, 0.1) is 7.11 Å². The van der Waals surface area contributed by atoms with Crippen LogP contribution in [-0.2, 0) is 19.1 Å². The van der Waals surface area contributed by atoms with Crippen LogP contribution in [0.5, 0.6) is 0 Å². The molecular formula is C8H11NO4. The van der Waals surface area contributed by atoms with Gasteiger partial charge in [-0.2, -0.15) is 0 Å². The number of carbonyl (C=O) groups excluding carboxylic acids is 3. The lowest BCUT2D eigenvalue weighted by Crippen LogP contribution is -2.46. The highest BCUT2D eigenvalue weighted by Gasteiger charge is 2.38. The van der Waals surface area contributed by atoms with Crippen LogP contribution in [0, 0.1) is 5.92 Å². The highest BCUT2D eigenvalue weighted by molar-refractivity contribution is 6.40. The topological polar surface area (TPSA) is 63.7 Å². The minimum atomic E-state index is -0.895. The lowest BCUT2D eigenvalue weighted by Gasteiger charge is -2.25. The van der Waals surface area contributed by atoms with Gasteiger partial charge in [-0.25, -0.2) is 0 Å². The van der Waals surface area contributed by atoms with E-state index in [1.54, 1.807) is 0 Å². The lowest BCUT2D eigenvalue weighted by molar-refractivity contribution is -0.158. The number of ketones is 1. The normalized spacial score (nSPS) is 23.2. The van der Waals surface area contributed by atoms with Gasteiger partial charge in [0.1, 0.15) is 5.92 Å². The molecule has 0 spiro atoms. The first kappa shape index (κ1) is 9.70. The summed E-state index contributed by atoms with van der Waals surface area (Å²) in [5.74, 6) is -2.79. The number of likely N-dealkylation sites (N-methyl/N-ethyl adjacent to an activating group) is 1. The van der Waals surface area contributed by atoms with E-state index >= 15 is 0 Å². The summed E-state index contributed by atoms with van der Waals surface area (Å²) in [7, 11) is 2.74. The Morgan fingerprint density at radius 3 is 2.69 bits per heavy atom. The molecule has 1 amide bonds. The van der Waals surface area contributed by atoms with Gasteiger partial charge < -0.3 is 9.64 Å². The molecule has 0 aromatic rings. The molecule has 0 aromatic heterocycles. The average molecular weight is 185 g/mol. The van der Waals surface area contributed by atoms with Crippen LogP contribution in [0.15, 0.2) is 0 Å². The van der Waals surface area contributed by atoms with E-state index in [0.717, 1.165) is 0 Å². The molecule has 1 aliphatic rings. The summed E-state index contributed by atoms with van der Waals surface area (Å²) in [5, 5.41) is 0. The molecule has 72 valence electrons. The van der Waals surface area contributed by atoms with Crippen LogP contribution in [0.4, 0.5) is 0 Å². The predicted octanol–water partition coefficient (Wildman–Crippen LogP) is -0.793. The van der Waals surface area contributed by atoms with Crippen molar-refractivity contribution >= 4 is 17.7 Å². The van der Waals surface area contributed by atoms with E-state index in [2.05, 4.69) is 4.74 Å². The van der Waals surface area contributed by atoms with Gasteiger partial charge in [-0.1, -0.05) is 0 Å². The molecule has 1 saturated heterocycles. The molecule has 1 atom stereocenters. The van der Waals surface area contributed by atoms with Crippen molar-refractivity contribution in [3.05, 3.63) is 0 Å². The fourth-order valence-electron chi connectivity index (χ4n) is 1.26. The number of likely N-dealkylation sites (tertiary alicyclic amines) is 1. The van der Waals surface area contributed by atoms with Crippen LogP contribution in [-0.4, -0.2) is 43.3 Å². The number of rotatable bonds is 1. The molecule has 13 heavy (non-hydrogen) atoms. The van der Waals surface area contributed by atoms with Crippen molar-refractivity contribution in [2.75, 3.05) is 20.7 Å². The van der Waals surface area contributed by atoms with Gasteiger partial charge in [0, 0.05) is 13.6 Å². The molecule has 0 saturated carbocycles. The molecule has 0 aliphatic carbocycles. The van der Waals surface area contributed by atoms with Gasteiger partial charge in [0.2, 0.25) is 5.78 Å². The van der Waals surface area contributed by atoms with Crippen LogP contribution >= 0.6 is 0 Å². The Hall–Kier alpha value is -1.39. The summed E-state index contributed by atoms with van der Waals surface area (Å²) < 4.78 is 4.41. The van der Waals surface area contributed by atoms with Gasteiger partial charge in [0.25, 0.3) is 5.91 Å². The highest BCUT2D eigenvalue weighted by Crippen LogP contribution is 2.14. The first-order valence-electron chi connectivity index (χ1n) is 3.95. The zero-order valence-corrected chi connectivity index (χ0v) is 7.57. The SMILES string of the molecule is COC(=O)C1CCN(C)C(=O)C1=O. The Kier molecular flexibility index (Phi) is 2.65. The Bertz CT molecular complexity index is 261. The second kappa shape index (κ2) is 3.55. The van der Waals surface area contributed by atoms with Crippen molar-refractivity contribution in [3.8, 4) is 0 Å². The zero-order valence-electron chi connectivity index (χ0n) is 7.57. The molecule has 5 heteroatoms. The summed E-state index contributed by atoms with van der Waals surface area (Å²) in [6.07, 6.45) is 0.355. The van der Waals surface area contributed by atoms with Gasteiger partial charge in [0.15, 0.2) is 0 Å². The number of ether oxygens (including phenoxy) is 1. The molecule has 1 rings (SSSR count). The summed E-state index contributed by atoms with van der Waals surface area (Å²) >= 11 is 0. The number of hydrogen-bond acceptors (Lipinski definition) is 4. The van der Waals surface area contributed by atoms with E-state index in [1.165, 1.54) is 19.1 Å². The zero-order chi connectivity index (χ0) is 10.0. The fraction of sp³-hybridized carbons (Fsp3) is 0.625. The first-order chi connectivity index (χ1) is 6.07. The van der Waals surface area contributed by atoms with E-state index in [0.29, 0.717) is 13.0 Å². The largest absolute Gasteiger partial charge is 0.468 e. The summed E-state index contributed by atoms with van der Waals surface area (Å²) in [6.45, 7) is 0.421. The van der Waals surface area contributed by atoms with Crippen molar-refractivity contribution in [2.45, 2.75) is 6.42 Å². The van der Waals surface area contributed by atoms with Crippen molar-refractivity contribution in [3.63, 3.8) is 0 Å². The van der Waals surface area contributed by atoms with Gasteiger partial charge in [-0.05, 0) is 6.42 Å². The van der Waals surface area contributed by atoms with Crippen LogP contribution in [0.3, 0.4) is 0 Å². The van der Waals surface area contributed by atoms with Crippen LogP contribution < -0.4 is 0 Å². The van der Waals surface area contributed by atoms with Gasteiger partial charge in [-0.15, -0.1) is 0 Å². The number of methoxy groups -OCH3 is 1. The fourth-order valence-corrected chi connectivity index (χ4v) is 1.26.